The first-order chi connectivity index (χ1) is 13.1. The molecule has 0 amide bonds. The number of ether oxygens (including phenoxy) is 1. The van der Waals surface area contributed by atoms with Gasteiger partial charge >= 0.3 is 0 Å². The van der Waals surface area contributed by atoms with E-state index in [2.05, 4.69) is 5.16 Å². The van der Waals surface area contributed by atoms with Crippen LogP contribution in [-0.2, 0) is 11.3 Å². The summed E-state index contributed by atoms with van der Waals surface area (Å²) in [6, 6.07) is 5.47. The Balaban J connectivity index is 1.44. The van der Waals surface area contributed by atoms with Gasteiger partial charge in [-0.25, -0.2) is 0 Å². The van der Waals surface area contributed by atoms with Gasteiger partial charge in [-0.15, -0.1) is 0 Å². The van der Waals surface area contributed by atoms with Gasteiger partial charge in [-0.05, 0) is 62.5 Å². The normalized spacial score (nSPS) is 30.0. The van der Waals surface area contributed by atoms with Crippen molar-refractivity contribution < 1.29 is 14.4 Å². The molecule has 27 heavy (non-hydrogen) atoms. The molecular formula is C21H23Cl2NO3. The smallest absolute Gasteiger partial charge is 0.145 e. The number of aliphatic hydroxyl groups is 1. The minimum atomic E-state index is -0.169. The zero-order valence-electron chi connectivity index (χ0n) is 15.0. The molecule has 0 saturated heterocycles. The molecule has 2 unspecified atom stereocenters. The van der Waals surface area contributed by atoms with Crippen molar-refractivity contribution in [1.82, 2.24) is 5.16 Å². The predicted octanol–water partition coefficient (Wildman–Crippen LogP) is 5.59. The Bertz CT molecular complexity index is 814. The van der Waals surface area contributed by atoms with Gasteiger partial charge in [0.15, 0.2) is 0 Å². The fourth-order valence-electron chi connectivity index (χ4n) is 4.94. The SMILES string of the molecule is OC1C[C@H]2CC[C@@H](C1)C2OCc1c(-c2c(Cl)cccc2Cl)noc1C1CC1. The summed E-state index contributed by atoms with van der Waals surface area (Å²) < 4.78 is 12.1. The molecule has 4 nitrogen and oxygen atoms in total. The standard InChI is InChI=1S/C21H23Cl2NO3/c22-16-2-1-3-17(23)18(16)19-15(21(27-24-19)11-4-5-11)10-26-20-12-6-7-13(20)9-14(25)8-12/h1-3,11-14,20,25H,4-10H2/t12-,13+,14?,20?. The van der Waals surface area contributed by atoms with E-state index in [4.69, 9.17) is 32.5 Å². The molecule has 1 N–H and O–H groups in total. The van der Waals surface area contributed by atoms with Gasteiger partial charge in [0, 0.05) is 17.0 Å². The third-order valence-electron chi connectivity index (χ3n) is 6.37. The Morgan fingerprint density at radius 1 is 1.07 bits per heavy atom. The van der Waals surface area contributed by atoms with Gasteiger partial charge in [-0.1, -0.05) is 34.4 Å². The fraction of sp³-hybridized carbons (Fsp3) is 0.571. The van der Waals surface area contributed by atoms with Crippen LogP contribution in [0.25, 0.3) is 11.3 Å². The minimum Gasteiger partial charge on any atom is -0.393 e. The van der Waals surface area contributed by atoms with Gasteiger partial charge in [0.1, 0.15) is 11.5 Å². The second-order valence-corrected chi connectivity index (χ2v) is 9.06. The maximum atomic E-state index is 10.0. The summed E-state index contributed by atoms with van der Waals surface area (Å²) in [7, 11) is 0. The van der Waals surface area contributed by atoms with Crippen molar-refractivity contribution in [3.63, 3.8) is 0 Å². The Kier molecular flexibility index (Phi) is 4.71. The topological polar surface area (TPSA) is 55.5 Å². The van der Waals surface area contributed by atoms with Crippen LogP contribution in [0.5, 0.6) is 0 Å². The average Bonchev–Trinajstić information content (AvgIpc) is 3.34. The number of benzene rings is 1. The first-order valence-corrected chi connectivity index (χ1v) is 10.6. The van der Waals surface area contributed by atoms with Crippen LogP contribution in [-0.4, -0.2) is 22.5 Å². The zero-order chi connectivity index (χ0) is 18.5. The Hall–Kier alpha value is -1.07. The van der Waals surface area contributed by atoms with E-state index < -0.39 is 0 Å². The number of rotatable bonds is 5. The molecule has 1 heterocycles. The van der Waals surface area contributed by atoms with Crippen molar-refractivity contribution in [1.29, 1.82) is 0 Å². The lowest BCUT2D eigenvalue weighted by Crippen LogP contribution is -2.35. The number of fused-ring (bicyclic) bond motifs is 2. The second kappa shape index (κ2) is 7.07. The molecule has 3 saturated carbocycles. The van der Waals surface area contributed by atoms with Crippen LogP contribution < -0.4 is 0 Å². The van der Waals surface area contributed by atoms with Crippen LogP contribution in [0.1, 0.15) is 55.8 Å². The average molecular weight is 408 g/mol. The quantitative estimate of drug-likeness (QED) is 0.701. The van der Waals surface area contributed by atoms with E-state index >= 15 is 0 Å². The highest BCUT2D eigenvalue weighted by molar-refractivity contribution is 6.39. The molecular weight excluding hydrogens is 385 g/mol. The number of hydrogen-bond donors (Lipinski definition) is 1. The molecule has 2 aromatic rings. The van der Waals surface area contributed by atoms with E-state index in [9.17, 15) is 5.11 Å². The summed E-state index contributed by atoms with van der Waals surface area (Å²) in [5.41, 5.74) is 2.41. The molecule has 1 aromatic heterocycles. The minimum absolute atomic E-state index is 0.169. The summed E-state index contributed by atoms with van der Waals surface area (Å²) in [5.74, 6) is 2.26. The molecule has 1 aromatic carbocycles. The van der Waals surface area contributed by atoms with Crippen LogP contribution in [0.3, 0.4) is 0 Å². The largest absolute Gasteiger partial charge is 0.393 e. The second-order valence-electron chi connectivity index (χ2n) is 8.24. The summed E-state index contributed by atoms with van der Waals surface area (Å²) >= 11 is 12.9. The summed E-state index contributed by atoms with van der Waals surface area (Å²) in [6.07, 6.45) is 6.29. The Morgan fingerprint density at radius 2 is 1.74 bits per heavy atom. The maximum absolute atomic E-state index is 10.0. The van der Waals surface area contributed by atoms with Gasteiger partial charge in [0.05, 0.1) is 28.9 Å². The van der Waals surface area contributed by atoms with E-state index in [-0.39, 0.29) is 12.2 Å². The van der Waals surface area contributed by atoms with E-state index in [1.54, 1.807) is 0 Å². The van der Waals surface area contributed by atoms with Crippen molar-refractivity contribution in [3.05, 3.63) is 39.6 Å². The third kappa shape index (κ3) is 3.31. The van der Waals surface area contributed by atoms with Crippen LogP contribution in [0, 0.1) is 11.8 Å². The summed E-state index contributed by atoms with van der Waals surface area (Å²) in [5, 5.41) is 15.5. The van der Waals surface area contributed by atoms with E-state index in [0.29, 0.717) is 40.1 Å². The Morgan fingerprint density at radius 3 is 2.37 bits per heavy atom. The van der Waals surface area contributed by atoms with Crippen molar-refractivity contribution >= 4 is 23.2 Å². The maximum Gasteiger partial charge on any atom is 0.145 e. The van der Waals surface area contributed by atoms with Gasteiger partial charge in [0.2, 0.25) is 0 Å². The molecule has 2 bridgehead atoms. The highest BCUT2D eigenvalue weighted by Gasteiger charge is 2.43. The zero-order valence-corrected chi connectivity index (χ0v) is 16.5. The number of hydrogen-bond acceptors (Lipinski definition) is 4. The molecule has 144 valence electrons. The third-order valence-corrected chi connectivity index (χ3v) is 7.00. The van der Waals surface area contributed by atoms with Crippen LogP contribution in [0.4, 0.5) is 0 Å². The summed E-state index contributed by atoms with van der Waals surface area (Å²) in [4.78, 5) is 0. The number of nitrogens with zero attached hydrogens (tertiary/aromatic N) is 1. The molecule has 3 aliphatic rings. The number of aliphatic hydroxyl groups excluding tert-OH is 1. The lowest BCUT2D eigenvalue weighted by atomic mass is 9.84. The fourth-order valence-corrected chi connectivity index (χ4v) is 5.52. The van der Waals surface area contributed by atoms with Crippen molar-refractivity contribution in [3.8, 4) is 11.3 Å². The number of halogens is 2. The molecule has 0 spiro atoms. The van der Waals surface area contributed by atoms with Crippen molar-refractivity contribution in [2.24, 2.45) is 11.8 Å². The van der Waals surface area contributed by atoms with E-state index in [1.165, 1.54) is 0 Å². The highest BCUT2D eigenvalue weighted by Crippen LogP contribution is 2.48. The van der Waals surface area contributed by atoms with Gasteiger partial charge in [-0.2, -0.15) is 0 Å². The van der Waals surface area contributed by atoms with Gasteiger partial charge in [0.25, 0.3) is 0 Å². The van der Waals surface area contributed by atoms with Gasteiger partial charge < -0.3 is 14.4 Å². The molecule has 5 rings (SSSR count). The molecule has 6 heteroatoms. The lowest BCUT2D eigenvalue weighted by Gasteiger charge is -2.33. The summed E-state index contributed by atoms with van der Waals surface area (Å²) in [6.45, 7) is 0.458. The molecule has 3 aliphatic carbocycles. The van der Waals surface area contributed by atoms with E-state index in [1.807, 2.05) is 18.2 Å². The molecule has 4 atom stereocenters. The number of aromatic nitrogens is 1. The molecule has 0 radical (unpaired) electrons. The lowest BCUT2D eigenvalue weighted by molar-refractivity contribution is -0.0591. The van der Waals surface area contributed by atoms with Crippen molar-refractivity contribution in [2.75, 3.05) is 0 Å². The first-order valence-electron chi connectivity index (χ1n) is 9.84. The van der Waals surface area contributed by atoms with Gasteiger partial charge in [-0.3, -0.25) is 0 Å². The van der Waals surface area contributed by atoms with E-state index in [0.717, 1.165) is 55.4 Å². The highest BCUT2D eigenvalue weighted by atomic mass is 35.5. The first kappa shape index (κ1) is 18.0. The molecule has 3 fully saturated rings. The van der Waals surface area contributed by atoms with Crippen LogP contribution in [0.2, 0.25) is 10.0 Å². The predicted molar refractivity (Wildman–Crippen MR) is 104 cm³/mol. The van der Waals surface area contributed by atoms with Crippen LogP contribution >= 0.6 is 23.2 Å². The van der Waals surface area contributed by atoms with Crippen LogP contribution in [0.15, 0.2) is 22.7 Å². The molecule has 0 aliphatic heterocycles. The monoisotopic (exact) mass is 407 g/mol. The van der Waals surface area contributed by atoms with Crippen molar-refractivity contribution in [2.45, 2.75) is 63.3 Å². The Labute approximate surface area is 168 Å².